The minimum atomic E-state index is 0.0203. The van der Waals surface area contributed by atoms with E-state index in [1.165, 1.54) is 0 Å². The maximum absolute atomic E-state index is 7.70. The zero-order valence-electron chi connectivity index (χ0n) is 10.7. The van der Waals surface area contributed by atoms with E-state index < -0.39 is 0 Å². The van der Waals surface area contributed by atoms with Crippen LogP contribution in [0.4, 0.5) is 11.4 Å². The SMILES string of the molecule is CCN(c1ccccc1)c1ccc(Cl)cc1C(=N)N. The van der Waals surface area contributed by atoms with Crippen LogP contribution in [-0.4, -0.2) is 12.4 Å². The van der Waals surface area contributed by atoms with E-state index in [-0.39, 0.29) is 5.84 Å². The van der Waals surface area contributed by atoms with E-state index in [4.69, 9.17) is 22.7 Å². The highest BCUT2D eigenvalue weighted by Gasteiger charge is 2.13. The van der Waals surface area contributed by atoms with E-state index in [1.807, 2.05) is 42.5 Å². The van der Waals surface area contributed by atoms with Gasteiger partial charge in [-0.15, -0.1) is 0 Å². The molecule has 0 bridgehead atoms. The summed E-state index contributed by atoms with van der Waals surface area (Å²) in [7, 11) is 0. The van der Waals surface area contributed by atoms with Gasteiger partial charge in [0.15, 0.2) is 0 Å². The van der Waals surface area contributed by atoms with Crippen LogP contribution in [0.2, 0.25) is 5.02 Å². The summed E-state index contributed by atoms with van der Waals surface area (Å²) in [6.07, 6.45) is 0. The number of anilines is 2. The number of benzene rings is 2. The smallest absolute Gasteiger partial charge is 0.124 e. The van der Waals surface area contributed by atoms with Gasteiger partial charge < -0.3 is 10.6 Å². The van der Waals surface area contributed by atoms with E-state index in [9.17, 15) is 0 Å². The predicted molar refractivity (Wildman–Crippen MR) is 81.6 cm³/mol. The molecule has 98 valence electrons. The summed E-state index contributed by atoms with van der Waals surface area (Å²) in [6, 6.07) is 15.5. The van der Waals surface area contributed by atoms with Crippen LogP contribution in [0.15, 0.2) is 48.5 Å². The van der Waals surface area contributed by atoms with Crippen LogP contribution in [0.25, 0.3) is 0 Å². The van der Waals surface area contributed by atoms with Crippen molar-refractivity contribution in [3.63, 3.8) is 0 Å². The molecule has 0 saturated carbocycles. The maximum atomic E-state index is 7.70. The fraction of sp³-hybridized carbons (Fsp3) is 0.133. The Morgan fingerprint density at radius 3 is 2.47 bits per heavy atom. The molecule has 2 aromatic rings. The average molecular weight is 274 g/mol. The quantitative estimate of drug-likeness (QED) is 0.658. The van der Waals surface area contributed by atoms with Crippen LogP contribution in [-0.2, 0) is 0 Å². The Balaban J connectivity index is 2.53. The van der Waals surface area contributed by atoms with Crippen LogP contribution < -0.4 is 10.6 Å². The lowest BCUT2D eigenvalue weighted by atomic mass is 10.1. The van der Waals surface area contributed by atoms with Gasteiger partial charge in [-0.1, -0.05) is 29.8 Å². The van der Waals surface area contributed by atoms with Crippen molar-refractivity contribution in [1.29, 1.82) is 5.41 Å². The second kappa shape index (κ2) is 5.76. The summed E-state index contributed by atoms with van der Waals surface area (Å²) in [5.74, 6) is 0.0203. The first-order chi connectivity index (χ1) is 9.13. The van der Waals surface area contributed by atoms with Gasteiger partial charge in [0, 0.05) is 22.8 Å². The molecule has 3 nitrogen and oxygen atoms in total. The average Bonchev–Trinajstić information content (AvgIpc) is 2.42. The number of hydrogen-bond acceptors (Lipinski definition) is 2. The first kappa shape index (κ1) is 13.4. The Labute approximate surface area is 118 Å². The van der Waals surface area contributed by atoms with E-state index >= 15 is 0 Å². The molecule has 0 aliphatic heterocycles. The first-order valence-corrected chi connectivity index (χ1v) is 6.47. The lowest BCUT2D eigenvalue weighted by Crippen LogP contribution is -2.21. The van der Waals surface area contributed by atoms with Gasteiger partial charge in [0.25, 0.3) is 0 Å². The Kier molecular flexibility index (Phi) is 4.07. The molecule has 19 heavy (non-hydrogen) atoms. The molecule has 0 saturated heterocycles. The van der Waals surface area contributed by atoms with E-state index in [1.54, 1.807) is 6.07 Å². The van der Waals surface area contributed by atoms with Gasteiger partial charge in [-0.2, -0.15) is 0 Å². The standard InChI is InChI=1S/C15H16ClN3/c1-2-19(12-6-4-3-5-7-12)14-9-8-11(16)10-13(14)15(17)18/h3-10H,2H2,1H3,(H3,17,18). The molecule has 0 unspecified atom stereocenters. The van der Waals surface area contributed by atoms with E-state index in [0.717, 1.165) is 17.9 Å². The molecule has 2 aromatic carbocycles. The van der Waals surface area contributed by atoms with Crippen molar-refractivity contribution >= 4 is 28.8 Å². The Hall–Kier alpha value is -2.00. The third-order valence-electron chi connectivity index (χ3n) is 2.92. The molecule has 0 aromatic heterocycles. The third-order valence-corrected chi connectivity index (χ3v) is 3.16. The van der Waals surface area contributed by atoms with Crippen LogP contribution in [0.5, 0.6) is 0 Å². The van der Waals surface area contributed by atoms with E-state index in [0.29, 0.717) is 10.6 Å². The van der Waals surface area contributed by atoms with Crippen molar-refractivity contribution < 1.29 is 0 Å². The van der Waals surface area contributed by atoms with Gasteiger partial charge in [0.05, 0.1) is 5.69 Å². The Morgan fingerprint density at radius 2 is 1.89 bits per heavy atom. The van der Waals surface area contributed by atoms with Gasteiger partial charge >= 0.3 is 0 Å². The van der Waals surface area contributed by atoms with Crippen LogP contribution in [0, 0.1) is 5.41 Å². The molecule has 4 heteroatoms. The monoisotopic (exact) mass is 273 g/mol. The maximum Gasteiger partial charge on any atom is 0.124 e. The molecular formula is C15H16ClN3. The molecule has 3 N–H and O–H groups in total. The van der Waals surface area contributed by atoms with Crippen LogP contribution in [0.3, 0.4) is 0 Å². The van der Waals surface area contributed by atoms with E-state index in [2.05, 4.69) is 11.8 Å². The van der Waals surface area contributed by atoms with Crippen molar-refractivity contribution in [3.05, 3.63) is 59.1 Å². The first-order valence-electron chi connectivity index (χ1n) is 6.10. The van der Waals surface area contributed by atoms with Crippen molar-refractivity contribution in [2.24, 2.45) is 5.73 Å². The number of nitrogens with zero attached hydrogens (tertiary/aromatic N) is 1. The minimum Gasteiger partial charge on any atom is -0.384 e. The number of amidine groups is 1. The Bertz CT molecular complexity index is 581. The molecule has 0 amide bonds. The summed E-state index contributed by atoms with van der Waals surface area (Å²) < 4.78 is 0. The molecule has 0 spiro atoms. The third kappa shape index (κ3) is 2.88. The number of nitrogen functional groups attached to an aromatic ring is 1. The fourth-order valence-electron chi connectivity index (χ4n) is 2.06. The van der Waals surface area contributed by atoms with Gasteiger partial charge in [0.1, 0.15) is 5.84 Å². The number of rotatable bonds is 4. The van der Waals surface area contributed by atoms with Crippen molar-refractivity contribution in [3.8, 4) is 0 Å². The van der Waals surface area contributed by atoms with Crippen LogP contribution in [0.1, 0.15) is 12.5 Å². The molecule has 0 aliphatic carbocycles. The zero-order valence-corrected chi connectivity index (χ0v) is 11.5. The van der Waals surface area contributed by atoms with Crippen molar-refractivity contribution in [2.45, 2.75) is 6.92 Å². The largest absolute Gasteiger partial charge is 0.384 e. The summed E-state index contributed by atoms with van der Waals surface area (Å²) >= 11 is 5.98. The zero-order chi connectivity index (χ0) is 13.8. The molecule has 0 aliphatic rings. The molecule has 0 radical (unpaired) electrons. The molecule has 0 atom stereocenters. The van der Waals surface area contributed by atoms with Gasteiger partial charge in [-0.25, -0.2) is 0 Å². The number of hydrogen-bond donors (Lipinski definition) is 2. The summed E-state index contributed by atoms with van der Waals surface area (Å²) in [4.78, 5) is 2.10. The minimum absolute atomic E-state index is 0.0203. The van der Waals surface area contributed by atoms with Gasteiger partial charge in [-0.05, 0) is 37.3 Å². The van der Waals surface area contributed by atoms with Gasteiger partial charge in [0.2, 0.25) is 0 Å². The lowest BCUT2D eigenvalue weighted by molar-refractivity contribution is 1.02. The second-order valence-corrected chi connectivity index (χ2v) is 4.59. The molecule has 0 heterocycles. The summed E-state index contributed by atoms with van der Waals surface area (Å²) in [6.45, 7) is 2.84. The summed E-state index contributed by atoms with van der Waals surface area (Å²) in [5.41, 5.74) is 8.26. The number of nitrogens with one attached hydrogen (secondary N) is 1. The Morgan fingerprint density at radius 1 is 1.21 bits per heavy atom. The normalized spacial score (nSPS) is 10.2. The highest BCUT2D eigenvalue weighted by molar-refractivity contribution is 6.31. The predicted octanol–water partition coefficient (Wildman–Crippen LogP) is 3.78. The topological polar surface area (TPSA) is 53.1 Å². The number of halogens is 1. The highest BCUT2D eigenvalue weighted by Crippen LogP contribution is 2.30. The van der Waals surface area contributed by atoms with Gasteiger partial charge in [-0.3, -0.25) is 5.41 Å². The second-order valence-electron chi connectivity index (χ2n) is 4.15. The fourth-order valence-corrected chi connectivity index (χ4v) is 2.23. The molecule has 2 rings (SSSR count). The number of nitrogens with two attached hydrogens (primary N) is 1. The molecule has 0 fully saturated rings. The number of para-hydroxylation sites is 1. The van der Waals surface area contributed by atoms with Crippen molar-refractivity contribution in [2.75, 3.05) is 11.4 Å². The van der Waals surface area contributed by atoms with Crippen LogP contribution >= 0.6 is 11.6 Å². The summed E-state index contributed by atoms with van der Waals surface area (Å²) in [5, 5.41) is 8.28. The lowest BCUT2D eigenvalue weighted by Gasteiger charge is -2.25. The highest BCUT2D eigenvalue weighted by atomic mass is 35.5. The van der Waals surface area contributed by atoms with Crippen molar-refractivity contribution in [1.82, 2.24) is 0 Å². The molecular weight excluding hydrogens is 258 g/mol.